The molecule has 0 bridgehead atoms. The van der Waals surface area contributed by atoms with Crippen molar-refractivity contribution in [1.29, 1.82) is 5.26 Å². The predicted octanol–water partition coefficient (Wildman–Crippen LogP) is 3.55. The summed E-state index contributed by atoms with van der Waals surface area (Å²) in [5, 5.41) is 8.80. The van der Waals surface area contributed by atoms with Crippen LogP contribution in [-0.4, -0.2) is 0 Å². The van der Waals surface area contributed by atoms with Crippen molar-refractivity contribution in [2.24, 2.45) is 0 Å². The topological polar surface area (TPSA) is 23.8 Å². The van der Waals surface area contributed by atoms with E-state index in [0.29, 0.717) is 5.03 Å². The third kappa shape index (κ3) is 2.37. The van der Waals surface area contributed by atoms with E-state index in [1.165, 1.54) is 6.08 Å². The molecular weight excluding hydrogens is 237 g/mol. The van der Waals surface area contributed by atoms with Crippen molar-refractivity contribution in [3.8, 4) is 6.07 Å². The molecule has 0 saturated heterocycles. The lowest BCUT2D eigenvalue weighted by molar-refractivity contribution is 1.53. The van der Waals surface area contributed by atoms with Gasteiger partial charge in [-0.1, -0.05) is 39.7 Å². The average Bonchev–Trinajstić information content (AvgIpc) is 2.06. The Morgan fingerprint density at radius 3 is 2.50 bits per heavy atom. The van der Waals surface area contributed by atoms with E-state index in [1.54, 1.807) is 0 Å². The number of nitrogens with zero attached hydrogens (tertiary/aromatic N) is 1. The lowest BCUT2D eigenvalue weighted by atomic mass is 10.2. The standard InChI is InChI=1S/C9H5BrClN/c10-8-3-1-7(2-4-8)9(11)5-6-12/h1-5H. The van der Waals surface area contributed by atoms with Crippen LogP contribution in [0.5, 0.6) is 0 Å². The van der Waals surface area contributed by atoms with Crippen LogP contribution in [0, 0.1) is 11.3 Å². The van der Waals surface area contributed by atoms with Gasteiger partial charge in [0.25, 0.3) is 0 Å². The zero-order valence-electron chi connectivity index (χ0n) is 6.09. The highest BCUT2D eigenvalue weighted by molar-refractivity contribution is 9.10. The van der Waals surface area contributed by atoms with Crippen molar-refractivity contribution in [1.82, 2.24) is 0 Å². The fourth-order valence-electron chi connectivity index (χ4n) is 0.749. The van der Waals surface area contributed by atoms with Crippen molar-refractivity contribution in [2.75, 3.05) is 0 Å². The Bertz CT molecular complexity index is 335. The van der Waals surface area contributed by atoms with Gasteiger partial charge in [-0.15, -0.1) is 0 Å². The smallest absolute Gasteiger partial charge is 0.0927 e. The molecule has 1 rings (SSSR count). The first-order valence-electron chi connectivity index (χ1n) is 3.25. The van der Waals surface area contributed by atoms with Crippen molar-refractivity contribution in [2.45, 2.75) is 0 Å². The Hall–Kier alpha value is -0.780. The second-order valence-corrected chi connectivity index (χ2v) is 3.45. The maximum atomic E-state index is 8.33. The van der Waals surface area contributed by atoms with Gasteiger partial charge >= 0.3 is 0 Å². The SMILES string of the molecule is N#CC=C(Cl)c1ccc(Br)cc1. The highest BCUT2D eigenvalue weighted by Gasteiger charge is 1.95. The summed E-state index contributed by atoms with van der Waals surface area (Å²) in [4.78, 5) is 0. The van der Waals surface area contributed by atoms with Gasteiger partial charge in [0, 0.05) is 10.5 Å². The lowest BCUT2D eigenvalue weighted by Gasteiger charge is -1.96. The molecule has 0 aromatic heterocycles. The van der Waals surface area contributed by atoms with E-state index in [9.17, 15) is 0 Å². The van der Waals surface area contributed by atoms with Gasteiger partial charge in [-0.25, -0.2) is 0 Å². The third-order valence-electron chi connectivity index (χ3n) is 1.31. The minimum absolute atomic E-state index is 0.463. The summed E-state index contributed by atoms with van der Waals surface area (Å²) >= 11 is 9.09. The Labute approximate surface area is 84.4 Å². The minimum Gasteiger partial charge on any atom is -0.193 e. The Morgan fingerprint density at radius 2 is 2.00 bits per heavy atom. The quantitative estimate of drug-likeness (QED) is 0.691. The van der Waals surface area contributed by atoms with Gasteiger partial charge in [-0.3, -0.25) is 0 Å². The number of allylic oxidation sites excluding steroid dienone is 1. The van der Waals surface area contributed by atoms with Crippen LogP contribution in [-0.2, 0) is 0 Å². The molecule has 0 atom stereocenters. The van der Waals surface area contributed by atoms with Crippen LogP contribution in [0.25, 0.3) is 5.03 Å². The normalized spacial score (nSPS) is 10.9. The molecule has 0 N–H and O–H groups in total. The van der Waals surface area contributed by atoms with Crippen molar-refractivity contribution < 1.29 is 0 Å². The average molecular weight is 243 g/mol. The van der Waals surface area contributed by atoms with Gasteiger partial charge in [0.1, 0.15) is 0 Å². The first-order chi connectivity index (χ1) is 5.74. The Balaban J connectivity index is 2.99. The lowest BCUT2D eigenvalue weighted by Crippen LogP contribution is -1.75. The molecule has 0 fully saturated rings. The molecule has 1 aromatic rings. The summed E-state index contributed by atoms with van der Waals surface area (Å²) < 4.78 is 0.993. The van der Waals surface area contributed by atoms with Gasteiger partial charge in [0.05, 0.1) is 11.1 Å². The second-order valence-electron chi connectivity index (χ2n) is 2.13. The molecule has 0 aliphatic carbocycles. The van der Waals surface area contributed by atoms with Crippen molar-refractivity contribution >= 4 is 32.6 Å². The monoisotopic (exact) mass is 241 g/mol. The second kappa shape index (κ2) is 4.30. The van der Waals surface area contributed by atoms with Crippen molar-refractivity contribution in [3.63, 3.8) is 0 Å². The maximum absolute atomic E-state index is 8.33. The molecule has 0 radical (unpaired) electrons. The number of nitriles is 1. The van der Waals surface area contributed by atoms with Crippen LogP contribution in [0.4, 0.5) is 0 Å². The van der Waals surface area contributed by atoms with E-state index < -0.39 is 0 Å². The fourth-order valence-corrected chi connectivity index (χ4v) is 1.19. The number of halogens is 2. The van der Waals surface area contributed by atoms with Gasteiger partial charge < -0.3 is 0 Å². The molecule has 60 valence electrons. The summed E-state index contributed by atoms with van der Waals surface area (Å²) in [7, 11) is 0. The van der Waals surface area contributed by atoms with E-state index in [4.69, 9.17) is 16.9 Å². The molecule has 0 aliphatic rings. The predicted molar refractivity (Wildman–Crippen MR) is 53.6 cm³/mol. The summed E-state index contributed by atoms with van der Waals surface area (Å²) in [5.41, 5.74) is 0.849. The van der Waals surface area contributed by atoms with E-state index >= 15 is 0 Å². The summed E-state index contributed by atoms with van der Waals surface area (Å²) in [6.07, 6.45) is 1.31. The Morgan fingerprint density at radius 1 is 1.42 bits per heavy atom. The number of hydrogen-bond donors (Lipinski definition) is 0. The number of benzene rings is 1. The third-order valence-corrected chi connectivity index (χ3v) is 2.17. The molecule has 0 saturated carbocycles. The summed E-state index contributed by atoms with van der Waals surface area (Å²) in [6, 6.07) is 9.33. The molecule has 0 aliphatic heterocycles. The van der Waals surface area contributed by atoms with E-state index in [1.807, 2.05) is 30.3 Å². The molecule has 0 heterocycles. The van der Waals surface area contributed by atoms with Crippen LogP contribution in [0.3, 0.4) is 0 Å². The molecule has 0 unspecified atom stereocenters. The Kier molecular flexibility index (Phi) is 3.33. The summed E-state index contributed by atoms with van der Waals surface area (Å²) in [5.74, 6) is 0. The summed E-state index contributed by atoms with van der Waals surface area (Å²) in [6.45, 7) is 0. The highest BCUT2D eigenvalue weighted by Crippen LogP contribution is 2.20. The molecule has 12 heavy (non-hydrogen) atoms. The van der Waals surface area contributed by atoms with Gasteiger partial charge in [0.2, 0.25) is 0 Å². The fraction of sp³-hybridized carbons (Fsp3) is 0. The number of hydrogen-bond acceptors (Lipinski definition) is 1. The zero-order valence-corrected chi connectivity index (χ0v) is 8.43. The van der Waals surface area contributed by atoms with Crippen LogP contribution in [0.15, 0.2) is 34.8 Å². The number of rotatable bonds is 1. The zero-order chi connectivity index (χ0) is 8.97. The molecule has 1 nitrogen and oxygen atoms in total. The van der Waals surface area contributed by atoms with Crippen LogP contribution >= 0.6 is 27.5 Å². The van der Waals surface area contributed by atoms with E-state index in [-0.39, 0.29) is 0 Å². The van der Waals surface area contributed by atoms with Crippen LogP contribution in [0.1, 0.15) is 5.56 Å². The molecular formula is C9H5BrClN. The van der Waals surface area contributed by atoms with Gasteiger partial charge in [-0.05, 0) is 17.7 Å². The first kappa shape index (κ1) is 9.31. The molecule has 1 aromatic carbocycles. The molecule has 0 spiro atoms. The van der Waals surface area contributed by atoms with E-state index in [0.717, 1.165) is 10.0 Å². The van der Waals surface area contributed by atoms with Gasteiger partial charge in [0.15, 0.2) is 0 Å². The maximum Gasteiger partial charge on any atom is 0.0927 e. The van der Waals surface area contributed by atoms with Crippen LogP contribution < -0.4 is 0 Å². The first-order valence-corrected chi connectivity index (χ1v) is 4.42. The van der Waals surface area contributed by atoms with Crippen LogP contribution in [0.2, 0.25) is 0 Å². The molecule has 0 amide bonds. The van der Waals surface area contributed by atoms with E-state index in [2.05, 4.69) is 15.9 Å². The van der Waals surface area contributed by atoms with Gasteiger partial charge in [-0.2, -0.15) is 5.26 Å². The van der Waals surface area contributed by atoms with Crippen molar-refractivity contribution in [3.05, 3.63) is 40.4 Å². The minimum atomic E-state index is 0.463. The molecule has 3 heteroatoms. The highest BCUT2D eigenvalue weighted by atomic mass is 79.9. The largest absolute Gasteiger partial charge is 0.193 e.